The van der Waals surface area contributed by atoms with Gasteiger partial charge < -0.3 is 5.32 Å². The molecule has 8 heteroatoms. The van der Waals surface area contributed by atoms with E-state index in [1.54, 1.807) is 5.51 Å². The minimum atomic E-state index is 0.0519. The third-order valence-electron chi connectivity index (χ3n) is 4.39. The summed E-state index contributed by atoms with van der Waals surface area (Å²) < 4.78 is 2.65. The van der Waals surface area contributed by atoms with E-state index in [0.29, 0.717) is 6.54 Å². The van der Waals surface area contributed by atoms with Crippen molar-refractivity contribution < 1.29 is 4.79 Å². The van der Waals surface area contributed by atoms with Gasteiger partial charge in [-0.05, 0) is 30.3 Å². The van der Waals surface area contributed by atoms with Crippen LogP contribution < -0.4 is 5.32 Å². The molecule has 25 heavy (non-hydrogen) atoms. The Morgan fingerprint density at radius 3 is 2.64 bits per heavy atom. The number of nitrogens with one attached hydrogen (secondary N) is 1. The van der Waals surface area contributed by atoms with Crippen LogP contribution in [-0.4, -0.2) is 58.2 Å². The van der Waals surface area contributed by atoms with Gasteiger partial charge in [0.15, 0.2) is 3.95 Å². The van der Waals surface area contributed by atoms with Gasteiger partial charge in [-0.3, -0.25) is 14.6 Å². The molecule has 1 aromatic carbocycles. The van der Waals surface area contributed by atoms with Crippen molar-refractivity contribution in [3.63, 3.8) is 0 Å². The number of hydrogen-bond acceptors (Lipinski definition) is 6. The quantitative estimate of drug-likeness (QED) is 0.784. The number of anilines is 1. The maximum absolute atomic E-state index is 12.3. The molecule has 1 fully saturated rings. The van der Waals surface area contributed by atoms with Gasteiger partial charge in [-0.15, -0.1) is 0 Å². The van der Waals surface area contributed by atoms with E-state index in [2.05, 4.69) is 33.2 Å². The van der Waals surface area contributed by atoms with Gasteiger partial charge >= 0.3 is 0 Å². The van der Waals surface area contributed by atoms with E-state index in [4.69, 9.17) is 12.2 Å². The summed E-state index contributed by atoms with van der Waals surface area (Å²) in [6, 6.07) is 7.98. The molecule has 0 atom stereocenters. The molecule has 1 N–H and O–H groups in total. The third kappa shape index (κ3) is 4.94. The molecule has 134 valence electrons. The Bertz CT molecular complexity index is 764. The van der Waals surface area contributed by atoms with Gasteiger partial charge in [0.25, 0.3) is 0 Å². The Kier molecular flexibility index (Phi) is 6.30. The first-order chi connectivity index (χ1) is 12.2. The minimum absolute atomic E-state index is 0.0519. The predicted octanol–water partition coefficient (Wildman–Crippen LogP) is 2.45. The standard InChI is InChI=1S/C17H23N5OS2/c1-2-14-5-3-4-6-15(14)19-16(23)11-20-7-9-21(10-8-20)13-22-17(24)25-12-18-22/h3-6,12H,2,7-11,13H2,1H3,(H,19,23). The van der Waals surface area contributed by atoms with E-state index in [-0.39, 0.29) is 5.91 Å². The number of piperazine rings is 1. The average molecular weight is 378 g/mol. The van der Waals surface area contributed by atoms with Crippen molar-refractivity contribution >= 4 is 35.1 Å². The van der Waals surface area contributed by atoms with Crippen LogP contribution in [-0.2, 0) is 17.9 Å². The van der Waals surface area contributed by atoms with Crippen molar-refractivity contribution in [2.45, 2.75) is 20.0 Å². The van der Waals surface area contributed by atoms with Crippen LogP contribution in [0.15, 0.2) is 29.8 Å². The van der Waals surface area contributed by atoms with Crippen LogP contribution in [0.25, 0.3) is 0 Å². The monoisotopic (exact) mass is 377 g/mol. The molecule has 0 bridgehead atoms. The summed E-state index contributed by atoms with van der Waals surface area (Å²) in [6.45, 7) is 6.84. The minimum Gasteiger partial charge on any atom is -0.325 e. The summed E-state index contributed by atoms with van der Waals surface area (Å²) in [6.07, 6.45) is 0.911. The van der Waals surface area contributed by atoms with Crippen LogP contribution in [0.3, 0.4) is 0 Å². The lowest BCUT2D eigenvalue weighted by Gasteiger charge is -2.34. The van der Waals surface area contributed by atoms with Crippen LogP contribution in [0.1, 0.15) is 12.5 Å². The molecule has 6 nitrogen and oxygen atoms in total. The lowest BCUT2D eigenvalue weighted by molar-refractivity contribution is -0.117. The maximum Gasteiger partial charge on any atom is 0.238 e. The smallest absolute Gasteiger partial charge is 0.238 e. The summed E-state index contributed by atoms with van der Waals surface area (Å²) in [7, 11) is 0. The normalized spacial score (nSPS) is 16.0. The fraction of sp³-hybridized carbons (Fsp3) is 0.471. The summed E-state index contributed by atoms with van der Waals surface area (Å²) in [5.41, 5.74) is 3.86. The number of para-hydroxylation sites is 1. The van der Waals surface area contributed by atoms with Gasteiger partial charge in [0, 0.05) is 31.9 Å². The number of hydrogen-bond donors (Lipinski definition) is 1. The zero-order valence-corrected chi connectivity index (χ0v) is 16.0. The zero-order valence-electron chi connectivity index (χ0n) is 14.4. The van der Waals surface area contributed by atoms with Crippen LogP contribution in [0.5, 0.6) is 0 Å². The van der Waals surface area contributed by atoms with E-state index in [1.807, 2.05) is 22.9 Å². The molecule has 2 aromatic rings. The van der Waals surface area contributed by atoms with Crippen LogP contribution in [0.2, 0.25) is 0 Å². The summed E-state index contributed by atoms with van der Waals surface area (Å²) in [5, 5.41) is 7.30. The van der Waals surface area contributed by atoms with Gasteiger partial charge in [0.2, 0.25) is 5.91 Å². The van der Waals surface area contributed by atoms with Crippen molar-refractivity contribution in [3.05, 3.63) is 39.3 Å². The van der Waals surface area contributed by atoms with E-state index in [9.17, 15) is 4.79 Å². The lowest BCUT2D eigenvalue weighted by Crippen LogP contribution is -2.48. The molecule has 1 aliphatic heterocycles. The number of rotatable bonds is 6. The van der Waals surface area contributed by atoms with Gasteiger partial charge in [-0.1, -0.05) is 36.5 Å². The lowest BCUT2D eigenvalue weighted by atomic mass is 10.1. The average Bonchev–Trinajstić information content (AvgIpc) is 3.02. The van der Waals surface area contributed by atoms with Gasteiger partial charge in [0.05, 0.1) is 13.2 Å². The van der Waals surface area contributed by atoms with Crippen molar-refractivity contribution in [1.82, 2.24) is 19.6 Å². The van der Waals surface area contributed by atoms with Gasteiger partial charge in [-0.2, -0.15) is 5.10 Å². The maximum atomic E-state index is 12.3. The highest BCUT2D eigenvalue weighted by Crippen LogP contribution is 2.15. The molecule has 1 aliphatic rings. The highest BCUT2D eigenvalue weighted by Gasteiger charge is 2.19. The first kappa shape index (κ1) is 18.2. The fourth-order valence-corrected chi connectivity index (χ4v) is 3.66. The number of nitrogens with zero attached hydrogens (tertiary/aromatic N) is 4. The number of amides is 1. The van der Waals surface area contributed by atoms with Crippen molar-refractivity contribution in [3.8, 4) is 0 Å². The predicted molar refractivity (Wildman–Crippen MR) is 103 cm³/mol. The molecule has 0 spiro atoms. The molecule has 1 aromatic heterocycles. The van der Waals surface area contributed by atoms with Crippen LogP contribution >= 0.6 is 23.6 Å². The highest BCUT2D eigenvalue weighted by atomic mass is 32.1. The summed E-state index contributed by atoms with van der Waals surface area (Å²) >= 11 is 6.73. The van der Waals surface area contributed by atoms with Crippen molar-refractivity contribution in [1.29, 1.82) is 0 Å². The molecular formula is C17H23N5OS2. The van der Waals surface area contributed by atoms with Crippen LogP contribution in [0.4, 0.5) is 5.69 Å². The largest absolute Gasteiger partial charge is 0.325 e. The van der Waals surface area contributed by atoms with E-state index in [0.717, 1.165) is 48.9 Å². The first-order valence-corrected chi connectivity index (χ1v) is 9.77. The second kappa shape index (κ2) is 8.66. The summed E-state index contributed by atoms with van der Waals surface area (Å²) in [4.78, 5) is 16.8. The Balaban J connectivity index is 1.46. The molecule has 3 rings (SSSR count). The number of carbonyl (C=O) groups excluding carboxylic acids is 1. The Morgan fingerprint density at radius 2 is 1.96 bits per heavy atom. The molecule has 1 amide bonds. The molecule has 0 radical (unpaired) electrons. The van der Waals surface area contributed by atoms with E-state index >= 15 is 0 Å². The third-order valence-corrected chi connectivity index (χ3v) is 5.50. The van der Waals surface area contributed by atoms with Crippen molar-refractivity contribution in [2.24, 2.45) is 0 Å². The Hall–Kier alpha value is -1.61. The number of aryl methyl sites for hydroxylation is 1. The zero-order chi connectivity index (χ0) is 17.6. The second-order valence-corrected chi connectivity index (χ2v) is 7.58. The number of benzene rings is 1. The van der Waals surface area contributed by atoms with Crippen molar-refractivity contribution in [2.75, 3.05) is 38.0 Å². The van der Waals surface area contributed by atoms with E-state index in [1.165, 1.54) is 16.9 Å². The number of carbonyl (C=O) groups is 1. The Morgan fingerprint density at radius 1 is 1.24 bits per heavy atom. The second-order valence-electron chi connectivity index (χ2n) is 6.10. The number of aromatic nitrogens is 2. The van der Waals surface area contributed by atoms with Crippen LogP contribution in [0, 0.1) is 3.95 Å². The topological polar surface area (TPSA) is 53.4 Å². The Labute approximate surface area is 157 Å². The van der Waals surface area contributed by atoms with Gasteiger partial charge in [0.1, 0.15) is 5.51 Å². The van der Waals surface area contributed by atoms with E-state index < -0.39 is 0 Å². The molecule has 0 unspecified atom stereocenters. The molecule has 0 saturated carbocycles. The molecular weight excluding hydrogens is 354 g/mol. The van der Waals surface area contributed by atoms with Gasteiger partial charge in [-0.25, -0.2) is 4.68 Å². The first-order valence-electron chi connectivity index (χ1n) is 8.49. The highest BCUT2D eigenvalue weighted by molar-refractivity contribution is 7.73. The molecule has 1 saturated heterocycles. The SMILES string of the molecule is CCc1ccccc1NC(=O)CN1CCN(Cn2ncsc2=S)CC1. The fourth-order valence-electron chi connectivity index (χ4n) is 2.95. The molecule has 0 aliphatic carbocycles. The molecule has 2 heterocycles. The summed E-state index contributed by atoms with van der Waals surface area (Å²) in [5.74, 6) is 0.0519.